The fourth-order valence-electron chi connectivity index (χ4n) is 2.22. The van der Waals surface area contributed by atoms with E-state index in [-0.39, 0.29) is 6.04 Å². The van der Waals surface area contributed by atoms with Gasteiger partial charge in [0.2, 0.25) is 0 Å². The van der Waals surface area contributed by atoms with Crippen molar-refractivity contribution in [2.75, 3.05) is 20.2 Å². The smallest absolute Gasteiger partial charge is 0.119 e. The Hall–Kier alpha value is -1.84. The van der Waals surface area contributed by atoms with Crippen LogP contribution in [0.4, 0.5) is 0 Å². The molecule has 0 radical (unpaired) electrons. The highest BCUT2D eigenvalue weighted by Crippen LogP contribution is 2.24. The molecular formula is C17H22N2O. The number of hydrogen-bond donors (Lipinski definition) is 2. The van der Waals surface area contributed by atoms with Crippen LogP contribution >= 0.6 is 0 Å². The number of rotatable bonds is 6. The number of benzene rings is 2. The van der Waals surface area contributed by atoms with Gasteiger partial charge >= 0.3 is 0 Å². The molecule has 0 aliphatic rings. The quantitative estimate of drug-likeness (QED) is 0.793. The van der Waals surface area contributed by atoms with Crippen molar-refractivity contribution >= 4 is 10.8 Å². The lowest BCUT2D eigenvalue weighted by Gasteiger charge is -2.18. The Kier molecular flexibility index (Phi) is 4.77. The number of hydrogen-bond acceptors (Lipinski definition) is 3. The van der Waals surface area contributed by atoms with Crippen molar-refractivity contribution in [3.63, 3.8) is 0 Å². The monoisotopic (exact) mass is 270 g/mol. The third-order valence-corrected chi connectivity index (χ3v) is 3.36. The van der Waals surface area contributed by atoms with Crippen LogP contribution < -0.4 is 15.8 Å². The van der Waals surface area contributed by atoms with Crippen LogP contribution in [-0.2, 0) is 0 Å². The molecule has 2 rings (SSSR count). The molecular weight excluding hydrogens is 248 g/mol. The van der Waals surface area contributed by atoms with Gasteiger partial charge in [0, 0.05) is 19.1 Å². The summed E-state index contributed by atoms with van der Waals surface area (Å²) in [6.45, 7) is 7.26. The zero-order chi connectivity index (χ0) is 14.5. The van der Waals surface area contributed by atoms with Crippen molar-refractivity contribution in [1.82, 2.24) is 5.32 Å². The Morgan fingerprint density at radius 3 is 2.60 bits per heavy atom. The van der Waals surface area contributed by atoms with Crippen molar-refractivity contribution in [1.29, 1.82) is 0 Å². The van der Waals surface area contributed by atoms with Gasteiger partial charge in [-0.25, -0.2) is 0 Å². The fourth-order valence-corrected chi connectivity index (χ4v) is 2.22. The molecule has 20 heavy (non-hydrogen) atoms. The third-order valence-electron chi connectivity index (χ3n) is 3.36. The third kappa shape index (κ3) is 3.38. The maximum Gasteiger partial charge on any atom is 0.119 e. The van der Waals surface area contributed by atoms with Crippen LogP contribution in [0.1, 0.15) is 18.5 Å². The SMILES string of the molecule is C=C(C)CNC(CN)c1ccc2cc(OC)ccc2c1. The van der Waals surface area contributed by atoms with Crippen LogP contribution in [0.2, 0.25) is 0 Å². The van der Waals surface area contributed by atoms with Crippen LogP contribution in [0.3, 0.4) is 0 Å². The van der Waals surface area contributed by atoms with Crippen LogP contribution in [0.15, 0.2) is 48.6 Å². The standard InChI is InChI=1S/C17H22N2O/c1-12(2)11-19-17(10-18)15-5-4-14-9-16(20-3)7-6-13(14)8-15/h4-9,17,19H,1,10-11,18H2,2-3H3. The molecule has 0 aliphatic heterocycles. The second kappa shape index (κ2) is 6.55. The minimum atomic E-state index is 0.151. The molecule has 0 heterocycles. The molecule has 2 aromatic rings. The van der Waals surface area contributed by atoms with Gasteiger partial charge < -0.3 is 15.8 Å². The van der Waals surface area contributed by atoms with E-state index in [1.807, 2.05) is 19.1 Å². The summed E-state index contributed by atoms with van der Waals surface area (Å²) in [5.74, 6) is 0.876. The van der Waals surface area contributed by atoms with Crippen molar-refractivity contribution in [2.24, 2.45) is 5.73 Å². The van der Waals surface area contributed by atoms with E-state index in [0.29, 0.717) is 6.54 Å². The summed E-state index contributed by atoms with van der Waals surface area (Å²) in [7, 11) is 1.68. The minimum Gasteiger partial charge on any atom is -0.497 e. The van der Waals surface area contributed by atoms with Crippen LogP contribution in [0.5, 0.6) is 5.75 Å². The van der Waals surface area contributed by atoms with E-state index in [1.165, 1.54) is 16.3 Å². The van der Waals surface area contributed by atoms with Gasteiger partial charge in [-0.1, -0.05) is 30.4 Å². The van der Waals surface area contributed by atoms with Crippen molar-refractivity contribution in [2.45, 2.75) is 13.0 Å². The number of ether oxygens (including phenoxy) is 1. The Labute approximate surface area is 120 Å². The largest absolute Gasteiger partial charge is 0.497 e. The van der Waals surface area contributed by atoms with Crippen LogP contribution in [0, 0.1) is 0 Å². The molecule has 0 bridgehead atoms. The number of nitrogens with one attached hydrogen (secondary N) is 1. The van der Waals surface area contributed by atoms with Gasteiger partial charge in [0.15, 0.2) is 0 Å². The van der Waals surface area contributed by atoms with E-state index >= 15 is 0 Å². The van der Waals surface area contributed by atoms with Gasteiger partial charge in [0.1, 0.15) is 5.75 Å². The molecule has 0 amide bonds. The van der Waals surface area contributed by atoms with Gasteiger partial charge in [-0.05, 0) is 41.5 Å². The summed E-state index contributed by atoms with van der Waals surface area (Å²) in [6, 6.07) is 12.6. The molecule has 0 spiro atoms. The Morgan fingerprint density at radius 2 is 1.95 bits per heavy atom. The summed E-state index contributed by atoms with van der Waals surface area (Å²) in [6.07, 6.45) is 0. The first-order chi connectivity index (χ1) is 9.63. The summed E-state index contributed by atoms with van der Waals surface area (Å²) >= 11 is 0. The number of fused-ring (bicyclic) bond motifs is 1. The molecule has 0 aromatic heterocycles. The number of nitrogens with two attached hydrogens (primary N) is 1. The molecule has 0 saturated heterocycles. The first-order valence-electron chi connectivity index (χ1n) is 6.79. The molecule has 2 aromatic carbocycles. The highest BCUT2D eigenvalue weighted by Gasteiger charge is 2.09. The normalized spacial score (nSPS) is 12.3. The Bertz CT molecular complexity index is 607. The molecule has 0 saturated carbocycles. The molecule has 3 heteroatoms. The predicted molar refractivity (Wildman–Crippen MR) is 85.1 cm³/mol. The molecule has 1 unspecified atom stereocenters. The Balaban J connectivity index is 2.27. The van der Waals surface area contributed by atoms with Gasteiger partial charge in [-0.15, -0.1) is 0 Å². The van der Waals surface area contributed by atoms with E-state index in [1.54, 1.807) is 7.11 Å². The van der Waals surface area contributed by atoms with Crippen LogP contribution in [0.25, 0.3) is 10.8 Å². The molecule has 3 N–H and O–H groups in total. The summed E-state index contributed by atoms with van der Waals surface area (Å²) in [5.41, 5.74) is 8.17. The Morgan fingerprint density at radius 1 is 1.25 bits per heavy atom. The minimum absolute atomic E-state index is 0.151. The second-order valence-corrected chi connectivity index (χ2v) is 5.10. The molecule has 106 valence electrons. The van der Waals surface area contributed by atoms with Gasteiger partial charge in [-0.3, -0.25) is 0 Å². The second-order valence-electron chi connectivity index (χ2n) is 5.10. The summed E-state index contributed by atoms with van der Waals surface area (Å²) in [4.78, 5) is 0. The molecule has 1 atom stereocenters. The average Bonchev–Trinajstić information content (AvgIpc) is 2.47. The lowest BCUT2D eigenvalue weighted by atomic mass is 10.0. The summed E-state index contributed by atoms with van der Waals surface area (Å²) < 4.78 is 5.24. The van der Waals surface area contributed by atoms with Crippen molar-refractivity contribution < 1.29 is 4.74 Å². The lowest BCUT2D eigenvalue weighted by Crippen LogP contribution is -2.29. The predicted octanol–water partition coefficient (Wildman–Crippen LogP) is 3.01. The average molecular weight is 270 g/mol. The first kappa shape index (κ1) is 14.6. The zero-order valence-electron chi connectivity index (χ0n) is 12.1. The lowest BCUT2D eigenvalue weighted by molar-refractivity contribution is 0.415. The maximum absolute atomic E-state index is 5.87. The highest BCUT2D eigenvalue weighted by molar-refractivity contribution is 5.84. The van der Waals surface area contributed by atoms with Crippen LogP contribution in [-0.4, -0.2) is 20.2 Å². The highest BCUT2D eigenvalue weighted by atomic mass is 16.5. The van der Waals surface area contributed by atoms with Gasteiger partial charge in [-0.2, -0.15) is 0 Å². The zero-order valence-corrected chi connectivity index (χ0v) is 12.1. The fraction of sp³-hybridized carbons (Fsp3) is 0.294. The van der Waals surface area contributed by atoms with E-state index < -0.39 is 0 Å². The number of methoxy groups -OCH3 is 1. The van der Waals surface area contributed by atoms with E-state index in [4.69, 9.17) is 10.5 Å². The first-order valence-corrected chi connectivity index (χ1v) is 6.79. The molecule has 0 fully saturated rings. The molecule has 3 nitrogen and oxygen atoms in total. The maximum atomic E-state index is 5.87. The van der Waals surface area contributed by atoms with Crippen molar-refractivity contribution in [3.05, 3.63) is 54.1 Å². The van der Waals surface area contributed by atoms with E-state index in [2.05, 4.69) is 36.2 Å². The summed E-state index contributed by atoms with van der Waals surface area (Å²) in [5, 5.41) is 5.79. The van der Waals surface area contributed by atoms with E-state index in [0.717, 1.165) is 17.9 Å². The van der Waals surface area contributed by atoms with E-state index in [9.17, 15) is 0 Å². The van der Waals surface area contributed by atoms with Gasteiger partial charge in [0.25, 0.3) is 0 Å². The van der Waals surface area contributed by atoms with Gasteiger partial charge in [0.05, 0.1) is 7.11 Å². The molecule has 0 aliphatic carbocycles. The van der Waals surface area contributed by atoms with Crippen molar-refractivity contribution in [3.8, 4) is 5.75 Å². The topological polar surface area (TPSA) is 47.3 Å².